The fraction of sp³-hybridized carbons (Fsp3) is 0.217. The number of alkyl halides is 3. The van der Waals surface area contributed by atoms with Crippen molar-refractivity contribution in [3.63, 3.8) is 0 Å². The van der Waals surface area contributed by atoms with Crippen LogP contribution in [0.4, 0.5) is 13.2 Å². The molecule has 0 radical (unpaired) electrons. The molecule has 0 spiro atoms. The Morgan fingerprint density at radius 3 is 2.51 bits per heavy atom. The Hall–Kier alpha value is -3.80. The summed E-state index contributed by atoms with van der Waals surface area (Å²) in [5.41, 5.74) is 0.977. The summed E-state index contributed by atoms with van der Waals surface area (Å²) < 4.78 is 47.4. The Morgan fingerprint density at radius 1 is 1.11 bits per heavy atom. The van der Waals surface area contributed by atoms with Crippen LogP contribution in [0.3, 0.4) is 0 Å². The van der Waals surface area contributed by atoms with Crippen molar-refractivity contribution < 1.29 is 32.2 Å². The second kappa shape index (κ2) is 9.82. The number of ether oxygens (including phenoxy) is 2. The second-order valence-electron chi connectivity index (χ2n) is 7.28. The predicted molar refractivity (Wildman–Crippen MR) is 123 cm³/mol. The molecule has 0 saturated carbocycles. The minimum Gasteiger partial charge on any atom is -0.466 e. The number of thioether (sulfide) groups is 1. The van der Waals surface area contributed by atoms with Gasteiger partial charge in [-0.1, -0.05) is 30.0 Å². The molecule has 12 heteroatoms. The van der Waals surface area contributed by atoms with Gasteiger partial charge in [-0.25, -0.2) is 4.98 Å². The number of fused-ring (bicyclic) bond motifs is 3. The van der Waals surface area contributed by atoms with Crippen LogP contribution in [0.5, 0.6) is 5.75 Å². The highest BCUT2D eigenvalue weighted by Crippen LogP contribution is 2.28. The van der Waals surface area contributed by atoms with Crippen LogP contribution in [0.15, 0.2) is 58.5 Å². The predicted octanol–water partition coefficient (Wildman–Crippen LogP) is 4.38. The minimum atomic E-state index is -4.86. The molecule has 1 N–H and O–H groups in total. The van der Waals surface area contributed by atoms with Crippen LogP contribution >= 0.6 is 11.8 Å². The van der Waals surface area contributed by atoms with Gasteiger partial charge in [0, 0.05) is 10.9 Å². The molecule has 0 aliphatic heterocycles. The van der Waals surface area contributed by atoms with Gasteiger partial charge in [-0.15, -0.1) is 13.2 Å². The third-order valence-electron chi connectivity index (χ3n) is 4.83. The number of carbonyl (C=O) groups is 2. The van der Waals surface area contributed by atoms with E-state index in [4.69, 9.17) is 4.74 Å². The lowest BCUT2D eigenvalue weighted by molar-refractivity contribution is -0.274. The molecule has 0 saturated heterocycles. The van der Waals surface area contributed by atoms with Crippen molar-refractivity contribution in [3.8, 4) is 11.4 Å². The fourth-order valence-corrected chi connectivity index (χ4v) is 4.30. The van der Waals surface area contributed by atoms with Crippen molar-refractivity contribution in [3.05, 3.63) is 58.9 Å². The number of nitrogens with one attached hydrogen (secondary N) is 1. The van der Waals surface area contributed by atoms with E-state index >= 15 is 0 Å². The molecule has 182 valence electrons. The number of hydrogen-bond acceptors (Lipinski definition) is 7. The molecule has 4 rings (SSSR count). The second-order valence-corrected chi connectivity index (χ2v) is 8.22. The first-order valence-corrected chi connectivity index (χ1v) is 11.3. The minimum absolute atomic E-state index is 0.133. The molecule has 2 aromatic carbocycles. The monoisotopic (exact) mass is 505 g/mol. The van der Waals surface area contributed by atoms with Gasteiger partial charge in [-0.3, -0.25) is 19.0 Å². The molecular weight excluding hydrogens is 487 g/mol. The molecule has 0 amide bonds. The third-order valence-corrected chi connectivity index (χ3v) is 5.83. The summed E-state index contributed by atoms with van der Waals surface area (Å²) in [7, 11) is 0. The molecular formula is C23H18F3N3O5S. The number of benzene rings is 2. The first kappa shape index (κ1) is 24.3. The first-order valence-electron chi connectivity index (χ1n) is 10.4. The van der Waals surface area contributed by atoms with Crippen LogP contribution in [-0.2, 0) is 14.3 Å². The molecule has 2 aromatic heterocycles. The third kappa shape index (κ3) is 5.48. The highest BCUT2D eigenvalue weighted by atomic mass is 32.2. The van der Waals surface area contributed by atoms with Gasteiger partial charge in [0.1, 0.15) is 23.2 Å². The zero-order valence-corrected chi connectivity index (χ0v) is 19.0. The molecule has 0 aliphatic rings. The fourth-order valence-electron chi connectivity index (χ4n) is 3.43. The van der Waals surface area contributed by atoms with E-state index in [-0.39, 0.29) is 28.7 Å². The highest BCUT2D eigenvalue weighted by Gasteiger charge is 2.31. The zero-order valence-electron chi connectivity index (χ0n) is 18.2. The summed E-state index contributed by atoms with van der Waals surface area (Å²) >= 11 is 0.935. The molecule has 2 heterocycles. The summed E-state index contributed by atoms with van der Waals surface area (Å²) in [5.74, 6) is -1.71. The number of rotatable bonds is 8. The number of carbonyl (C=O) groups excluding carboxylic acids is 2. The summed E-state index contributed by atoms with van der Waals surface area (Å²) in [6.07, 6.45) is -5.28. The van der Waals surface area contributed by atoms with Crippen molar-refractivity contribution in [1.82, 2.24) is 14.5 Å². The zero-order chi connectivity index (χ0) is 25.2. The average Bonchev–Trinajstić information content (AvgIpc) is 3.17. The van der Waals surface area contributed by atoms with Crippen molar-refractivity contribution in [2.75, 3.05) is 12.4 Å². The maximum absolute atomic E-state index is 13.4. The summed E-state index contributed by atoms with van der Waals surface area (Å²) in [5, 5.41) is 0.828. The number of aromatic amines is 1. The Bertz CT molecular complexity index is 1460. The SMILES string of the molecule is CCOC(=O)CC(=O)CSc1nc2c([nH]c3ccccc32)c(=O)n1-c1ccc(OC(F)(F)F)cc1. The van der Waals surface area contributed by atoms with Crippen LogP contribution < -0.4 is 10.3 Å². The van der Waals surface area contributed by atoms with E-state index in [1.54, 1.807) is 31.2 Å². The molecule has 35 heavy (non-hydrogen) atoms. The topological polar surface area (TPSA) is 103 Å². The Balaban J connectivity index is 1.76. The quantitative estimate of drug-likeness (QED) is 0.164. The van der Waals surface area contributed by atoms with E-state index in [1.165, 1.54) is 16.7 Å². The van der Waals surface area contributed by atoms with E-state index < -0.39 is 35.8 Å². The van der Waals surface area contributed by atoms with Crippen LogP contribution in [-0.4, -0.2) is 45.0 Å². The van der Waals surface area contributed by atoms with Gasteiger partial charge in [0.05, 0.1) is 18.0 Å². The molecule has 4 aromatic rings. The van der Waals surface area contributed by atoms with E-state index in [1.807, 2.05) is 0 Å². The van der Waals surface area contributed by atoms with Gasteiger partial charge in [-0.05, 0) is 37.3 Å². The highest BCUT2D eigenvalue weighted by molar-refractivity contribution is 7.99. The van der Waals surface area contributed by atoms with Crippen molar-refractivity contribution in [2.45, 2.75) is 24.9 Å². The maximum Gasteiger partial charge on any atom is 0.573 e. The van der Waals surface area contributed by atoms with Crippen molar-refractivity contribution >= 4 is 45.5 Å². The van der Waals surface area contributed by atoms with Crippen LogP contribution in [0.1, 0.15) is 13.3 Å². The number of para-hydroxylation sites is 1. The lowest BCUT2D eigenvalue weighted by Crippen LogP contribution is -2.22. The number of Topliss-reactive ketones (excluding diaryl/α,β-unsaturated/α-hetero) is 1. The lowest BCUT2D eigenvalue weighted by Gasteiger charge is -2.13. The number of esters is 1. The standard InChI is InChI=1S/C23H18F3N3O5S/c1-2-33-18(31)11-14(30)12-35-22-28-19-16-5-3-4-6-17(16)27-20(19)21(32)29(22)13-7-9-15(10-8-13)34-23(24,25)26/h3-10,27H,2,11-12H2,1H3. The van der Waals surface area contributed by atoms with E-state index in [9.17, 15) is 27.6 Å². The Kier molecular flexibility index (Phi) is 6.83. The normalized spacial score (nSPS) is 11.7. The number of hydrogen-bond donors (Lipinski definition) is 1. The number of aromatic nitrogens is 3. The Morgan fingerprint density at radius 2 is 1.83 bits per heavy atom. The van der Waals surface area contributed by atoms with Gasteiger partial charge in [0.25, 0.3) is 5.56 Å². The Labute approximate surface area is 200 Å². The van der Waals surface area contributed by atoms with E-state index in [0.717, 1.165) is 23.9 Å². The average molecular weight is 505 g/mol. The molecule has 0 aliphatic carbocycles. The van der Waals surface area contributed by atoms with Crippen LogP contribution in [0.2, 0.25) is 0 Å². The molecule has 8 nitrogen and oxygen atoms in total. The van der Waals surface area contributed by atoms with E-state index in [0.29, 0.717) is 16.4 Å². The van der Waals surface area contributed by atoms with E-state index in [2.05, 4.69) is 14.7 Å². The summed E-state index contributed by atoms with van der Waals surface area (Å²) in [6, 6.07) is 11.9. The molecule has 0 fully saturated rings. The van der Waals surface area contributed by atoms with Crippen LogP contribution in [0.25, 0.3) is 27.6 Å². The number of H-pyrrole nitrogens is 1. The van der Waals surface area contributed by atoms with Gasteiger partial charge in [0.2, 0.25) is 0 Å². The molecule has 0 atom stereocenters. The summed E-state index contributed by atoms with van der Waals surface area (Å²) in [6.45, 7) is 1.77. The largest absolute Gasteiger partial charge is 0.573 e. The lowest BCUT2D eigenvalue weighted by atomic mass is 10.2. The van der Waals surface area contributed by atoms with Gasteiger partial charge < -0.3 is 14.5 Å². The van der Waals surface area contributed by atoms with Gasteiger partial charge >= 0.3 is 12.3 Å². The number of ketones is 1. The number of halogens is 3. The van der Waals surface area contributed by atoms with Crippen molar-refractivity contribution in [2.24, 2.45) is 0 Å². The van der Waals surface area contributed by atoms with Gasteiger partial charge in [0.15, 0.2) is 10.9 Å². The van der Waals surface area contributed by atoms with Gasteiger partial charge in [-0.2, -0.15) is 0 Å². The molecule has 0 unspecified atom stereocenters. The first-order chi connectivity index (χ1) is 16.7. The van der Waals surface area contributed by atoms with Crippen LogP contribution in [0, 0.1) is 0 Å². The summed E-state index contributed by atoms with van der Waals surface area (Å²) in [4.78, 5) is 44.9. The number of nitrogens with zero attached hydrogens (tertiary/aromatic N) is 2. The molecule has 0 bridgehead atoms. The smallest absolute Gasteiger partial charge is 0.466 e. The van der Waals surface area contributed by atoms with Crippen molar-refractivity contribution in [1.29, 1.82) is 0 Å². The maximum atomic E-state index is 13.4.